The van der Waals surface area contributed by atoms with Gasteiger partial charge in [0.25, 0.3) is 5.91 Å². The molecule has 3 aromatic carbocycles. The number of amides is 1. The van der Waals surface area contributed by atoms with Crippen molar-refractivity contribution in [3.05, 3.63) is 84.4 Å². The minimum Gasteiger partial charge on any atom is -0.457 e. The van der Waals surface area contributed by atoms with Crippen LogP contribution in [0.25, 0.3) is 11.4 Å². The fourth-order valence-electron chi connectivity index (χ4n) is 2.49. The molecule has 0 unspecified atom stereocenters. The number of hydrogen-bond acceptors (Lipinski definition) is 5. The lowest BCUT2D eigenvalue weighted by Crippen LogP contribution is -2.11. The van der Waals surface area contributed by atoms with Crippen LogP contribution in [-0.2, 0) is 0 Å². The Morgan fingerprint density at radius 3 is 2.22 bits per heavy atom. The van der Waals surface area contributed by atoms with E-state index >= 15 is 0 Å². The van der Waals surface area contributed by atoms with Gasteiger partial charge in [0.05, 0.1) is 0 Å². The maximum atomic E-state index is 12.4. The number of anilines is 1. The fraction of sp³-hybridized carbons (Fsp3) is 0. The van der Waals surface area contributed by atoms with Crippen molar-refractivity contribution in [3.63, 3.8) is 0 Å². The number of carbonyl (C=O) groups is 1. The van der Waals surface area contributed by atoms with Gasteiger partial charge in [-0.2, -0.15) is 5.21 Å². The Morgan fingerprint density at radius 2 is 1.56 bits per heavy atom. The predicted molar refractivity (Wildman–Crippen MR) is 101 cm³/mol. The van der Waals surface area contributed by atoms with Crippen molar-refractivity contribution in [2.75, 3.05) is 5.32 Å². The largest absolute Gasteiger partial charge is 0.457 e. The van der Waals surface area contributed by atoms with E-state index < -0.39 is 0 Å². The zero-order valence-electron chi connectivity index (χ0n) is 14.2. The number of aromatic nitrogens is 4. The lowest BCUT2D eigenvalue weighted by Gasteiger charge is -2.08. The highest BCUT2D eigenvalue weighted by Crippen LogP contribution is 2.22. The van der Waals surface area contributed by atoms with Crippen molar-refractivity contribution in [3.8, 4) is 22.9 Å². The molecule has 1 heterocycles. The first-order valence-electron chi connectivity index (χ1n) is 8.26. The summed E-state index contributed by atoms with van der Waals surface area (Å²) in [5, 5.41) is 16.6. The molecule has 0 aliphatic rings. The van der Waals surface area contributed by atoms with Gasteiger partial charge in [0.15, 0.2) is 0 Å². The van der Waals surface area contributed by atoms with E-state index in [0.29, 0.717) is 22.8 Å². The molecule has 7 heteroatoms. The molecule has 0 spiro atoms. The van der Waals surface area contributed by atoms with Crippen molar-refractivity contribution in [1.29, 1.82) is 0 Å². The number of carbonyl (C=O) groups excluding carboxylic acids is 1. The first kappa shape index (κ1) is 16.5. The van der Waals surface area contributed by atoms with Crippen molar-refractivity contribution in [1.82, 2.24) is 20.6 Å². The van der Waals surface area contributed by atoms with Crippen LogP contribution in [0.4, 0.5) is 5.69 Å². The zero-order valence-corrected chi connectivity index (χ0v) is 14.2. The van der Waals surface area contributed by atoms with Crippen LogP contribution in [0.2, 0.25) is 0 Å². The van der Waals surface area contributed by atoms with Crippen LogP contribution in [0.1, 0.15) is 10.4 Å². The minimum absolute atomic E-state index is 0.200. The van der Waals surface area contributed by atoms with Gasteiger partial charge in [0, 0.05) is 16.8 Å². The average Bonchev–Trinajstić information content (AvgIpc) is 3.25. The van der Waals surface area contributed by atoms with Crippen LogP contribution in [0.3, 0.4) is 0 Å². The second-order valence-corrected chi connectivity index (χ2v) is 5.71. The normalized spacial score (nSPS) is 10.4. The average molecular weight is 357 g/mol. The maximum Gasteiger partial charge on any atom is 0.255 e. The second kappa shape index (κ2) is 7.49. The van der Waals surface area contributed by atoms with E-state index in [1.54, 1.807) is 36.4 Å². The summed E-state index contributed by atoms with van der Waals surface area (Å²) in [5.74, 6) is 1.72. The summed E-state index contributed by atoms with van der Waals surface area (Å²) < 4.78 is 5.73. The standard InChI is InChI=1S/C20H15N5O2/c26-20(21-16-10-6-14(7-11-16)19-22-24-25-23-19)15-8-12-18(13-9-15)27-17-4-2-1-3-5-17/h1-13H,(H,21,26)(H,22,23,24,25). The summed E-state index contributed by atoms with van der Waals surface area (Å²) >= 11 is 0. The van der Waals surface area contributed by atoms with Gasteiger partial charge in [-0.15, -0.1) is 10.2 Å². The summed E-state index contributed by atoms with van der Waals surface area (Å²) in [6.45, 7) is 0. The Hall–Kier alpha value is -4.00. The summed E-state index contributed by atoms with van der Waals surface area (Å²) in [4.78, 5) is 12.4. The van der Waals surface area contributed by atoms with Crippen molar-refractivity contribution < 1.29 is 9.53 Å². The molecule has 7 nitrogen and oxygen atoms in total. The predicted octanol–water partition coefficient (Wildman–Crippen LogP) is 3.91. The third kappa shape index (κ3) is 3.98. The van der Waals surface area contributed by atoms with Gasteiger partial charge in [-0.1, -0.05) is 18.2 Å². The maximum absolute atomic E-state index is 12.4. The Labute approximate surface area is 155 Å². The molecule has 27 heavy (non-hydrogen) atoms. The van der Waals surface area contributed by atoms with E-state index in [1.807, 2.05) is 42.5 Å². The lowest BCUT2D eigenvalue weighted by atomic mass is 10.1. The molecular weight excluding hydrogens is 342 g/mol. The molecule has 132 valence electrons. The summed E-state index contributed by atoms with van der Waals surface area (Å²) in [6.07, 6.45) is 0. The molecular formula is C20H15N5O2. The van der Waals surface area contributed by atoms with Crippen molar-refractivity contribution in [2.45, 2.75) is 0 Å². The molecule has 0 aliphatic carbocycles. The SMILES string of the molecule is O=C(Nc1ccc(-c2nn[nH]n2)cc1)c1ccc(Oc2ccccc2)cc1. The molecule has 0 atom stereocenters. The number of para-hydroxylation sites is 1. The highest BCUT2D eigenvalue weighted by Gasteiger charge is 2.08. The third-order valence-electron chi connectivity index (χ3n) is 3.84. The summed E-state index contributed by atoms with van der Waals surface area (Å²) in [5.41, 5.74) is 2.03. The molecule has 2 N–H and O–H groups in total. The number of nitrogens with one attached hydrogen (secondary N) is 2. The Balaban J connectivity index is 1.40. The Bertz CT molecular complexity index is 1010. The summed E-state index contributed by atoms with van der Waals surface area (Å²) in [7, 11) is 0. The van der Waals surface area contributed by atoms with Gasteiger partial charge in [-0.05, 0) is 65.9 Å². The molecule has 0 fully saturated rings. The topological polar surface area (TPSA) is 92.8 Å². The van der Waals surface area contributed by atoms with Gasteiger partial charge in [0.2, 0.25) is 5.82 Å². The second-order valence-electron chi connectivity index (χ2n) is 5.71. The van der Waals surface area contributed by atoms with E-state index in [0.717, 1.165) is 11.3 Å². The van der Waals surface area contributed by atoms with Crippen LogP contribution >= 0.6 is 0 Å². The smallest absolute Gasteiger partial charge is 0.255 e. The molecule has 0 aliphatic heterocycles. The van der Waals surface area contributed by atoms with Crippen molar-refractivity contribution >= 4 is 11.6 Å². The number of nitrogens with zero attached hydrogens (tertiary/aromatic N) is 3. The molecule has 1 aromatic heterocycles. The Morgan fingerprint density at radius 1 is 0.852 bits per heavy atom. The third-order valence-corrected chi connectivity index (χ3v) is 3.84. The van der Waals surface area contributed by atoms with Crippen LogP contribution < -0.4 is 10.1 Å². The quantitative estimate of drug-likeness (QED) is 0.565. The van der Waals surface area contributed by atoms with E-state index in [9.17, 15) is 4.79 Å². The van der Waals surface area contributed by atoms with Gasteiger partial charge in [-0.25, -0.2) is 0 Å². The molecule has 0 saturated heterocycles. The number of aromatic amines is 1. The van der Waals surface area contributed by atoms with Gasteiger partial charge >= 0.3 is 0 Å². The monoisotopic (exact) mass is 357 g/mol. The highest BCUT2D eigenvalue weighted by molar-refractivity contribution is 6.04. The van der Waals surface area contributed by atoms with Crippen molar-refractivity contribution in [2.24, 2.45) is 0 Å². The number of benzene rings is 3. The molecule has 0 saturated carbocycles. The molecule has 4 aromatic rings. The zero-order chi connectivity index (χ0) is 18.5. The number of rotatable bonds is 5. The van der Waals surface area contributed by atoms with Crippen LogP contribution in [-0.4, -0.2) is 26.5 Å². The lowest BCUT2D eigenvalue weighted by molar-refractivity contribution is 0.102. The molecule has 0 bridgehead atoms. The minimum atomic E-state index is -0.200. The van der Waals surface area contributed by atoms with E-state index in [2.05, 4.69) is 25.9 Å². The van der Waals surface area contributed by atoms with Gasteiger partial charge in [-0.3, -0.25) is 4.79 Å². The number of tetrazole rings is 1. The highest BCUT2D eigenvalue weighted by atomic mass is 16.5. The summed E-state index contributed by atoms with van der Waals surface area (Å²) in [6, 6.07) is 23.7. The van der Waals surface area contributed by atoms with Crippen LogP contribution in [0, 0.1) is 0 Å². The fourth-order valence-corrected chi connectivity index (χ4v) is 2.49. The molecule has 1 amide bonds. The van der Waals surface area contributed by atoms with E-state index in [4.69, 9.17) is 4.74 Å². The first-order chi connectivity index (χ1) is 13.3. The molecule has 4 rings (SSSR count). The number of H-pyrrole nitrogens is 1. The van der Waals surface area contributed by atoms with E-state index in [-0.39, 0.29) is 5.91 Å². The van der Waals surface area contributed by atoms with Crippen LogP contribution in [0.5, 0.6) is 11.5 Å². The van der Waals surface area contributed by atoms with E-state index in [1.165, 1.54) is 0 Å². The molecule has 0 radical (unpaired) electrons. The van der Waals surface area contributed by atoms with Crippen LogP contribution in [0.15, 0.2) is 78.9 Å². The first-order valence-corrected chi connectivity index (χ1v) is 8.26. The van der Waals surface area contributed by atoms with Gasteiger partial charge in [0.1, 0.15) is 11.5 Å². The number of ether oxygens (including phenoxy) is 1. The Kier molecular flexibility index (Phi) is 4.57. The van der Waals surface area contributed by atoms with Gasteiger partial charge < -0.3 is 10.1 Å². The number of hydrogen-bond donors (Lipinski definition) is 2.